The van der Waals surface area contributed by atoms with Gasteiger partial charge in [0.1, 0.15) is 5.82 Å². The van der Waals surface area contributed by atoms with Crippen LogP contribution in [0.4, 0.5) is 10.1 Å². The van der Waals surface area contributed by atoms with Gasteiger partial charge in [0.25, 0.3) is 0 Å². The van der Waals surface area contributed by atoms with Crippen LogP contribution in [0.3, 0.4) is 0 Å². The van der Waals surface area contributed by atoms with Crippen LogP contribution in [-0.2, 0) is 0 Å². The maximum atomic E-state index is 12.7. The molecular weight excluding hydrogens is 148 g/mol. The molecule has 0 amide bonds. The molecule has 11 heavy (non-hydrogen) atoms. The molecule has 0 bridgehead atoms. The minimum Gasteiger partial charge on any atom is -0.423 e. The van der Waals surface area contributed by atoms with E-state index in [1.807, 2.05) is 0 Å². The van der Waals surface area contributed by atoms with E-state index in [9.17, 15) is 4.39 Å². The molecule has 0 saturated heterocycles. The average molecular weight is 155 g/mol. The minimum absolute atomic E-state index is 0.167. The van der Waals surface area contributed by atoms with E-state index < -0.39 is 12.9 Å². The molecule has 4 N–H and O–H groups in total. The number of benzene rings is 1. The Labute approximate surface area is 63.4 Å². The summed E-state index contributed by atoms with van der Waals surface area (Å²) in [6, 6.07) is 3.67. The second-order valence-corrected chi connectivity index (χ2v) is 2.15. The summed E-state index contributed by atoms with van der Waals surface area (Å²) in [5.41, 5.74) is 5.31. The lowest BCUT2D eigenvalue weighted by molar-refractivity contribution is 0.423. The van der Waals surface area contributed by atoms with Gasteiger partial charge in [0.15, 0.2) is 0 Å². The fraction of sp³-hybridized carbons (Fsp3) is 0. The van der Waals surface area contributed by atoms with Gasteiger partial charge in [-0.25, -0.2) is 4.39 Å². The van der Waals surface area contributed by atoms with Gasteiger partial charge in [-0.3, -0.25) is 0 Å². The predicted molar refractivity (Wildman–Crippen MR) is 40.6 cm³/mol. The smallest absolute Gasteiger partial charge is 0.423 e. The standard InChI is InChI=1S/C6H7BFNO2/c8-6-3-4(9)1-2-5(6)7(10)11/h1-3,10-11H,9H2. The molecule has 0 fully saturated rings. The van der Waals surface area contributed by atoms with Gasteiger partial charge in [-0.05, 0) is 12.1 Å². The zero-order valence-electron chi connectivity index (χ0n) is 5.66. The van der Waals surface area contributed by atoms with Crippen LogP contribution in [-0.4, -0.2) is 17.2 Å². The van der Waals surface area contributed by atoms with Crippen molar-refractivity contribution in [2.75, 3.05) is 5.73 Å². The monoisotopic (exact) mass is 155 g/mol. The van der Waals surface area contributed by atoms with Crippen molar-refractivity contribution in [1.29, 1.82) is 0 Å². The quantitative estimate of drug-likeness (QED) is 0.363. The van der Waals surface area contributed by atoms with Gasteiger partial charge in [0.05, 0.1) is 0 Å². The Morgan fingerprint density at radius 3 is 2.45 bits per heavy atom. The Morgan fingerprint density at radius 1 is 1.36 bits per heavy atom. The molecule has 0 aromatic heterocycles. The van der Waals surface area contributed by atoms with E-state index in [4.69, 9.17) is 15.8 Å². The molecule has 1 rings (SSSR count). The molecule has 5 heteroatoms. The van der Waals surface area contributed by atoms with E-state index >= 15 is 0 Å². The third kappa shape index (κ3) is 1.69. The first kappa shape index (κ1) is 8.04. The summed E-state index contributed by atoms with van der Waals surface area (Å²) in [5.74, 6) is -0.708. The van der Waals surface area contributed by atoms with Crippen molar-refractivity contribution in [2.45, 2.75) is 0 Å². The van der Waals surface area contributed by atoms with E-state index in [1.54, 1.807) is 0 Å². The molecule has 0 aliphatic rings. The lowest BCUT2D eigenvalue weighted by Gasteiger charge is -2.00. The third-order valence-corrected chi connectivity index (χ3v) is 1.30. The number of hydrogen-bond acceptors (Lipinski definition) is 3. The first-order valence-electron chi connectivity index (χ1n) is 3.02. The number of rotatable bonds is 1. The first-order chi connectivity index (χ1) is 5.11. The molecule has 0 heterocycles. The number of halogens is 1. The number of hydrogen-bond donors (Lipinski definition) is 3. The van der Waals surface area contributed by atoms with E-state index in [-0.39, 0.29) is 11.2 Å². The molecule has 58 valence electrons. The maximum Gasteiger partial charge on any atom is 0.491 e. The molecule has 0 radical (unpaired) electrons. The van der Waals surface area contributed by atoms with E-state index in [0.29, 0.717) is 0 Å². The molecule has 1 aromatic carbocycles. The van der Waals surface area contributed by atoms with Crippen LogP contribution >= 0.6 is 0 Å². The highest BCUT2D eigenvalue weighted by Gasteiger charge is 2.15. The Morgan fingerprint density at radius 2 is 2.00 bits per heavy atom. The normalized spacial score (nSPS) is 9.73. The predicted octanol–water partition coefficient (Wildman–Crippen LogP) is -0.912. The van der Waals surface area contributed by atoms with E-state index in [0.717, 1.165) is 6.07 Å². The van der Waals surface area contributed by atoms with Crippen molar-refractivity contribution in [3.63, 3.8) is 0 Å². The van der Waals surface area contributed by atoms with Crippen LogP contribution in [0.25, 0.3) is 0 Å². The van der Waals surface area contributed by atoms with Crippen LogP contribution in [0.2, 0.25) is 0 Å². The second kappa shape index (κ2) is 2.90. The zero-order valence-corrected chi connectivity index (χ0v) is 5.66. The lowest BCUT2D eigenvalue weighted by Crippen LogP contribution is -2.32. The third-order valence-electron chi connectivity index (χ3n) is 1.30. The molecule has 0 unspecified atom stereocenters. The van der Waals surface area contributed by atoms with E-state index in [1.165, 1.54) is 12.1 Å². The number of nitrogens with two attached hydrogens (primary N) is 1. The second-order valence-electron chi connectivity index (χ2n) is 2.15. The van der Waals surface area contributed by atoms with Crippen molar-refractivity contribution >= 4 is 18.3 Å². The van der Waals surface area contributed by atoms with Crippen LogP contribution in [0, 0.1) is 5.82 Å². The summed E-state index contributed by atoms with van der Waals surface area (Å²) >= 11 is 0. The summed E-state index contributed by atoms with van der Waals surface area (Å²) in [4.78, 5) is 0. The van der Waals surface area contributed by atoms with Crippen LogP contribution in [0.15, 0.2) is 18.2 Å². The van der Waals surface area contributed by atoms with Gasteiger partial charge in [0.2, 0.25) is 0 Å². The number of anilines is 1. The Hall–Kier alpha value is -1.07. The van der Waals surface area contributed by atoms with Crippen molar-refractivity contribution in [3.05, 3.63) is 24.0 Å². The highest BCUT2D eigenvalue weighted by Crippen LogP contribution is 2.02. The molecule has 0 atom stereocenters. The molecule has 0 aliphatic heterocycles. The lowest BCUT2D eigenvalue weighted by atomic mass is 9.80. The van der Waals surface area contributed by atoms with Gasteiger partial charge < -0.3 is 15.8 Å². The van der Waals surface area contributed by atoms with Gasteiger partial charge in [-0.2, -0.15) is 0 Å². The fourth-order valence-corrected chi connectivity index (χ4v) is 0.753. The van der Waals surface area contributed by atoms with Gasteiger partial charge in [0, 0.05) is 11.2 Å². The van der Waals surface area contributed by atoms with Crippen LogP contribution in [0.1, 0.15) is 0 Å². The Balaban J connectivity index is 3.09. The Bertz CT molecular complexity index is 267. The minimum atomic E-state index is -1.78. The summed E-state index contributed by atoms with van der Waals surface area (Å²) < 4.78 is 12.7. The highest BCUT2D eigenvalue weighted by atomic mass is 19.1. The summed E-state index contributed by atoms with van der Waals surface area (Å²) in [6.07, 6.45) is 0. The van der Waals surface area contributed by atoms with Crippen molar-refractivity contribution in [2.24, 2.45) is 0 Å². The molecular formula is C6H7BFNO2. The number of nitrogen functional groups attached to an aromatic ring is 1. The first-order valence-corrected chi connectivity index (χ1v) is 3.02. The van der Waals surface area contributed by atoms with Crippen molar-refractivity contribution < 1.29 is 14.4 Å². The summed E-state index contributed by atoms with van der Waals surface area (Å²) in [5, 5.41) is 17.1. The van der Waals surface area contributed by atoms with Crippen LogP contribution in [0.5, 0.6) is 0 Å². The molecule has 0 saturated carbocycles. The van der Waals surface area contributed by atoms with Gasteiger partial charge >= 0.3 is 7.12 Å². The SMILES string of the molecule is Nc1ccc(B(O)O)c(F)c1. The van der Waals surface area contributed by atoms with Gasteiger partial charge in [-0.1, -0.05) is 6.07 Å². The molecule has 3 nitrogen and oxygen atoms in total. The topological polar surface area (TPSA) is 66.5 Å². The largest absolute Gasteiger partial charge is 0.491 e. The summed E-state index contributed by atoms with van der Waals surface area (Å²) in [7, 11) is -1.78. The van der Waals surface area contributed by atoms with Crippen molar-refractivity contribution in [1.82, 2.24) is 0 Å². The average Bonchev–Trinajstić information content (AvgIpc) is 1.85. The Kier molecular flexibility index (Phi) is 2.12. The molecule has 0 spiro atoms. The zero-order chi connectivity index (χ0) is 8.43. The van der Waals surface area contributed by atoms with Crippen LogP contribution < -0.4 is 11.2 Å². The fourth-order valence-electron chi connectivity index (χ4n) is 0.753. The van der Waals surface area contributed by atoms with Gasteiger partial charge in [-0.15, -0.1) is 0 Å². The van der Waals surface area contributed by atoms with E-state index in [2.05, 4.69) is 0 Å². The van der Waals surface area contributed by atoms with Crippen molar-refractivity contribution in [3.8, 4) is 0 Å². The summed E-state index contributed by atoms with van der Waals surface area (Å²) in [6.45, 7) is 0. The highest BCUT2D eigenvalue weighted by molar-refractivity contribution is 6.58. The molecule has 1 aromatic rings. The molecule has 0 aliphatic carbocycles. The maximum absolute atomic E-state index is 12.7.